The maximum atomic E-state index is 13.0. The molecule has 1 aliphatic rings. The summed E-state index contributed by atoms with van der Waals surface area (Å²) in [6, 6.07) is 23.2. The van der Waals surface area contributed by atoms with Crippen LogP contribution in [0.3, 0.4) is 0 Å². The summed E-state index contributed by atoms with van der Waals surface area (Å²) < 4.78 is 8.42. The summed E-state index contributed by atoms with van der Waals surface area (Å²) in [5, 5.41) is 12.1. The van der Waals surface area contributed by atoms with Crippen LogP contribution >= 0.6 is 0 Å². The quantitative estimate of drug-likeness (QED) is 0.353. The molecular formula is C27H22N4O2. The van der Waals surface area contributed by atoms with Gasteiger partial charge in [-0.1, -0.05) is 55.0 Å². The van der Waals surface area contributed by atoms with Gasteiger partial charge in [-0.3, -0.25) is 4.79 Å². The molecule has 0 fully saturated rings. The second-order valence-electron chi connectivity index (χ2n) is 8.35. The molecular weight excluding hydrogens is 412 g/mol. The lowest BCUT2D eigenvalue weighted by molar-refractivity contribution is 0.0995. The Morgan fingerprint density at radius 1 is 0.879 bits per heavy atom. The monoisotopic (exact) mass is 434 g/mol. The van der Waals surface area contributed by atoms with Gasteiger partial charge in [0.15, 0.2) is 5.82 Å². The zero-order valence-corrected chi connectivity index (χ0v) is 18.1. The summed E-state index contributed by atoms with van der Waals surface area (Å²) >= 11 is 0. The van der Waals surface area contributed by atoms with Crippen LogP contribution in [0.25, 0.3) is 33.1 Å². The first kappa shape index (κ1) is 19.6. The third-order valence-corrected chi connectivity index (χ3v) is 6.23. The van der Waals surface area contributed by atoms with Crippen LogP contribution in [0.15, 0.2) is 82.2 Å². The lowest BCUT2D eigenvalue weighted by Gasteiger charge is -2.09. The van der Waals surface area contributed by atoms with Gasteiger partial charge >= 0.3 is 0 Å². The van der Waals surface area contributed by atoms with E-state index in [-0.39, 0.29) is 11.5 Å². The molecule has 2 aromatic heterocycles. The topological polar surface area (TPSA) is 73.3 Å². The predicted molar refractivity (Wildman–Crippen MR) is 127 cm³/mol. The highest BCUT2D eigenvalue weighted by Gasteiger charge is 2.20. The van der Waals surface area contributed by atoms with Crippen molar-refractivity contribution in [2.24, 2.45) is 4.99 Å². The zero-order valence-electron chi connectivity index (χ0n) is 18.1. The smallest absolute Gasteiger partial charge is 0.280 e. The van der Waals surface area contributed by atoms with E-state index < -0.39 is 0 Å². The fourth-order valence-electron chi connectivity index (χ4n) is 4.54. The molecule has 5 aromatic rings. The van der Waals surface area contributed by atoms with Gasteiger partial charge in [-0.05, 0) is 47.9 Å². The van der Waals surface area contributed by atoms with E-state index >= 15 is 0 Å². The third kappa shape index (κ3) is 3.53. The molecule has 162 valence electrons. The number of fused-ring (bicyclic) bond motifs is 4. The second-order valence-corrected chi connectivity index (χ2v) is 8.35. The van der Waals surface area contributed by atoms with Crippen LogP contribution in [0.5, 0.6) is 0 Å². The molecule has 0 saturated heterocycles. The fraction of sp³-hybridized carbons (Fsp3) is 0.185. The molecule has 0 atom stereocenters. The lowest BCUT2D eigenvalue weighted by atomic mass is 10.0. The molecule has 0 bridgehead atoms. The van der Waals surface area contributed by atoms with E-state index in [9.17, 15) is 4.79 Å². The van der Waals surface area contributed by atoms with E-state index in [4.69, 9.17) is 4.42 Å². The van der Waals surface area contributed by atoms with E-state index in [1.165, 1.54) is 6.42 Å². The van der Waals surface area contributed by atoms with Gasteiger partial charge in [0.05, 0.1) is 5.56 Å². The fourth-order valence-corrected chi connectivity index (χ4v) is 4.54. The Morgan fingerprint density at radius 3 is 2.64 bits per heavy atom. The van der Waals surface area contributed by atoms with Crippen molar-refractivity contribution in [2.45, 2.75) is 32.2 Å². The van der Waals surface area contributed by atoms with Crippen LogP contribution < -0.4 is 5.55 Å². The molecule has 3 heterocycles. The Kier molecular flexibility index (Phi) is 4.83. The maximum absolute atomic E-state index is 13.0. The van der Waals surface area contributed by atoms with Crippen molar-refractivity contribution in [1.29, 1.82) is 0 Å². The number of nitrogens with zero attached hydrogens (tertiary/aromatic N) is 4. The van der Waals surface area contributed by atoms with Crippen molar-refractivity contribution in [3.63, 3.8) is 0 Å². The van der Waals surface area contributed by atoms with E-state index in [2.05, 4.69) is 31.9 Å². The first-order valence-electron chi connectivity index (χ1n) is 11.3. The maximum Gasteiger partial charge on any atom is 0.280 e. The molecule has 3 aromatic carbocycles. The van der Waals surface area contributed by atoms with E-state index in [0.717, 1.165) is 47.8 Å². The van der Waals surface area contributed by atoms with Crippen LogP contribution in [0.4, 0.5) is 0 Å². The van der Waals surface area contributed by atoms with Crippen molar-refractivity contribution in [3.05, 3.63) is 89.7 Å². The summed E-state index contributed by atoms with van der Waals surface area (Å²) in [6.07, 6.45) is 4.24. The Hall–Kier alpha value is -4.06. The standard InChI is InChI=1S/C27H22N4O2/c32-26(19-10-3-1-4-11-19)28-27-22(25-30-29-24-13-5-2-8-16-31(24)25)17-21-20-12-7-6-9-18(20)14-15-23(21)33-27/h1,3-4,6-7,9-12,14-15,17H,2,5,8,13,16H2. The highest BCUT2D eigenvalue weighted by molar-refractivity contribution is 6.06. The third-order valence-electron chi connectivity index (χ3n) is 6.23. The largest absolute Gasteiger partial charge is 0.437 e. The Labute approximate surface area is 190 Å². The van der Waals surface area contributed by atoms with Gasteiger partial charge in [-0.2, -0.15) is 4.99 Å². The summed E-state index contributed by atoms with van der Waals surface area (Å²) in [7, 11) is 0. The first-order valence-corrected chi connectivity index (χ1v) is 11.3. The van der Waals surface area contributed by atoms with Crippen molar-refractivity contribution in [2.75, 3.05) is 0 Å². The van der Waals surface area contributed by atoms with Gasteiger partial charge in [0.2, 0.25) is 5.55 Å². The molecule has 6 nitrogen and oxygen atoms in total. The van der Waals surface area contributed by atoms with Crippen LogP contribution in [-0.4, -0.2) is 20.7 Å². The van der Waals surface area contributed by atoms with Crippen LogP contribution in [0.1, 0.15) is 35.4 Å². The molecule has 1 amide bonds. The summed E-state index contributed by atoms with van der Waals surface area (Å²) in [5.41, 5.74) is 2.12. The lowest BCUT2D eigenvalue weighted by Crippen LogP contribution is -2.14. The van der Waals surface area contributed by atoms with Gasteiger partial charge in [0.1, 0.15) is 11.4 Å². The molecule has 0 unspecified atom stereocenters. The minimum Gasteiger partial charge on any atom is -0.437 e. The number of hydrogen-bond acceptors (Lipinski definition) is 4. The van der Waals surface area contributed by atoms with Crippen LogP contribution in [0.2, 0.25) is 0 Å². The number of aromatic nitrogens is 3. The van der Waals surface area contributed by atoms with Crippen molar-refractivity contribution >= 4 is 27.6 Å². The number of carbonyl (C=O) groups is 1. The molecule has 0 saturated carbocycles. The molecule has 6 rings (SSSR count). The summed E-state index contributed by atoms with van der Waals surface area (Å²) in [4.78, 5) is 17.4. The average Bonchev–Trinajstić information content (AvgIpc) is 3.11. The van der Waals surface area contributed by atoms with Crippen LogP contribution in [0, 0.1) is 0 Å². The van der Waals surface area contributed by atoms with Crippen molar-refractivity contribution in [3.8, 4) is 11.4 Å². The normalized spacial score (nSPS) is 14.4. The number of carbonyl (C=O) groups excluding carboxylic acids is 1. The van der Waals surface area contributed by atoms with E-state index in [0.29, 0.717) is 22.5 Å². The number of aryl methyl sites for hydroxylation is 1. The highest BCUT2D eigenvalue weighted by atomic mass is 16.3. The molecule has 1 aliphatic heterocycles. The molecule has 6 heteroatoms. The minimum absolute atomic E-state index is 0.256. The number of benzene rings is 3. The zero-order chi connectivity index (χ0) is 22.2. The van der Waals surface area contributed by atoms with Gasteiger partial charge in [0, 0.05) is 23.9 Å². The summed E-state index contributed by atoms with van der Waals surface area (Å²) in [6.45, 7) is 0.845. The van der Waals surface area contributed by atoms with Crippen molar-refractivity contribution in [1.82, 2.24) is 14.8 Å². The molecule has 33 heavy (non-hydrogen) atoms. The van der Waals surface area contributed by atoms with E-state index in [1.807, 2.05) is 48.5 Å². The molecule has 0 spiro atoms. The Balaban J connectivity index is 1.64. The Morgan fingerprint density at radius 2 is 1.73 bits per heavy atom. The minimum atomic E-state index is -0.351. The predicted octanol–water partition coefficient (Wildman–Crippen LogP) is 5.31. The van der Waals surface area contributed by atoms with Gasteiger partial charge < -0.3 is 8.98 Å². The van der Waals surface area contributed by atoms with E-state index in [1.54, 1.807) is 12.1 Å². The molecule has 0 N–H and O–H groups in total. The number of amides is 1. The highest BCUT2D eigenvalue weighted by Crippen LogP contribution is 2.28. The van der Waals surface area contributed by atoms with Gasteiger partial charge in [-0.25, -0.2) is 0 Å². The number of hydrogen-bond donors (Lipinski definition) is 0. The average molecular weight is 434 g/mol. The van der Waals surface area contributed by atoms with Crippen molar-refractivity contribution < 1.29 is 9.21 Å². The molecule has 0 radical (unpaired) electrons. The van der Waals surface area contributed by atoms with Crippen LogP contribution in [-0.2, 0) is 13.0 Å². The Bertz CT molecular complexity index is 1560. The van der Waals surface area contributed by atoms with Gasteiger partial charge in [-0.15, -0.1) is 10.2 Å². The number of rotatable bonds is 2. The molecule has 0 aliphatic carbocycles. The summed E-state index contributed by atoms with van der Waals surface area (Å²) in [5.74, 6) is 1.32. The van der Waals surface area contributed by atoms with Gasteiger partial charge in [0.25, 0.3) is 5.91 Å². The first-order chi connectivity index (χ1) is 16.3. The SMILES string of the molecule is O=C(N=c1oc2ccc3ccccc3c2cc1-c1nnc2n1CCCCC2)c1ccccc1. The second kappa shape index (κ2) is 8.13.